The smallest absolute Gasteiger partial charge is 0.314 e. The van der Waals surface area contributed by atoms with E-state index in [9.17, 15) is 9.59 Å². The number of nitrogens with zero attached hydrogens (tertiary/aromatic N) is 1. The molecule has 92 valence electrons. The molecule has 0 fully saturated rings. The van der Waals surface area contributed by atoms with Crippen molar-refractivity contribution >= 4 is 29.2 Å². The maximum atomic E-state index is 11.4. The number of alkyl halides is 1. The van der Waals surface area contributed by atoms with Gasteiger partial charge >= 0.3 is 11.8 Å². The number of aryl methyl sites for hydroxylation is 1. The summed E-state index contributed by atoms with van der Waals surface area (Å²) < 4.78 is 0. The van der Waals surface area contributed by atoms with Crippen molar-refractivity contribution in [2.45, 2.75) is 13.3 Å². The summed E-state index contributed by atoms with van der Waals surface area (Å²) in [6.45, 7) is 2.26. The van der Waals surface area contributed by atoms with Gasteiger partial charge in [-0.05, 0) is 31.0 Å². The Labute approximate surface area is 105 Å². The van der Waals surface area contributed by atoms with Gasteiger partial charge in [0.05, 0.1) is 0 Å². The van der Waals surface area contributed by atoms with Crippen LogP contribution >= 0.6 is 11.6 Å². The Hall–Kier alpha value is -1.62. The van der Waals surface area contributed by atoms with Gasteiger partial charge in [0.15, 0.2) is 0 Å². The molecule has 0 bridgehead atoms. The molecule has 2 N–H and O–H groups in total. The van der Waals surface area contributed by atoms with Gasteiger partial charge in [-0.1, -0.05) is 0 Å². The zero-order valence-corrected chi connectivity index (χ0v) is 10.3. The molecule has 2 amide bonds. The van der Waals surface area contributed by atoms with Crippen LogP contribution in [0.1, 0.15) is 12.0 Å². The summed E-state index contributed by atoms with van der Waals surface area (Å²) in [5.74, 6) is -0.597. The molecule has 1 aromatic heterocycles. The third-order valence-electron chi connectivity index (χ3n) is 1.96. The van der Waals surface area contributed by atoms with Crippen molar-refractivity contribution in [3.8, 4) is 0 Å². The lowest BCUT2D eigenvalue weighted by atomic mass is 10.3. The lowest BCUT2D eigenvalue weighted by Gasteiger charge is -2.05. The maximum absolute atomic E-state index is 11.4. The first-order chi connectivity index (χ1) is 8.13. The van der Waals surface area contributed by atoms with Gasteiger partial charge in [0.2, 0.25) is 0 Å². The van der Waals surface area contributed by atoms with E-state index < -0.39 is 11.8 Å². The van der Waals surface area contributed by atoms with Crippen molar-refractivity contribution in [3.05, 3.63) is 23.9 Å². The van der Waals surface area contributed by atoms with E-state index in [1.54, 1.807) is 18.3 Å². The number of hydrogen-bond acceptors (Lipinski definition) is 3. The average molecular weight is 256 g/mol. The van der Waals surface area contributed by atoms with Gasteiger partial charge < -0.3 is 10.6 Å². The number of carbonyl (C=O) groups is 2. The number of rotatable bonds is 4. The molecule has 6 heteroatoms. The first-order valence-electron chi connectivity index (χ1n) is 5.21. The fourth-order valence-electron chi connectivity index (χ4n) is 1.13. The molecular weight excluding hydrogens is 242 g/mol. The Balaban J connectivity index is 2.46. The second kappa shape index (κ2) is 6.85. The Kier molecular flexibility index (Phi) is 5.42. The van der Waals surface area contributed by atoms with Crippen LogP contribution in [0, 0.1) is 6.92 Å². The van der Waals surface area contributed by atoms with Crippen molar-refractivity contribution in [3.63, 3.8) is 0 Å². The first-order valence-corrected chi connectivity index (χ1v) is 5.74. The Bertz CT molecular complexity index is 409. The van der Waals surface area contributed by atoms with E-state index in [-0.39, 0.29) is 0 Å². The van der Waals surface area contributed by atoms with Crippen LogP contribution in [0.4, 0.5) is 5.82 Å². The highest BCUT2D eigenvalue weighted by Crippen LogP contribution is 2.04. The van der Waals surface area contributed by atoms with Gasteiger partial charge in [-0.3, -0.25) is 9.59 Å². The van der Waals surface area contributed by atoms with Crippen molar-refractivity contribution in [1.29, 1.82) is 0 Å². The van der Waals surface area contributed by atoms with Gasteiger partial charge in [-0.2, -0.15) is 0 Å². The minimum Gasteiger partial charge on any atom is -0.348 e. The molecule has 5 nitrogen and oxygen atoms in total. The predicted molar refractivity (Wildman–Crippen MR) is 66.0 cm³/mol. The highest BCUT2D eigenvalue weighted by molar-refractivity contribution is 6.39. The molecule has 1 rings (SSSR count). The van der Waals surface area contributed by atoms with Crippen LogP contribution in [0.5, 0.6) is 0 Å². The second-order valence-electron chi connectivity index (χ2n) is 3.47. The molecule has 0 aliphatic carbocycles. The molecule has 0 radical (unpaired) electrons. The SMILES string of the molecule is Cc1ccnc(NC(=O)C(=O)NCCCCl)c1. The Morgan fingerprint density at radius 1 is 1.41 bits per heavy atom. The number of carbonyl (C=O) groups excluding carboxylic acids is 2. The minimum atomic E-state index is -0.724. The van der Waals surface area contributed by atoms with Crippen molar-refractivity contribution in [2.75, 3.05) is 17.7 Å². The zero-order chi connectivity index (χ0) is 12.7. The van der Waals surface area contributed by atoms with Gasteiger partial charge in [-0.25, -0.2) is 4.98 Å². The monoisotopic (exact) mass is 255 g/mol. The van der Waals surface area contributed by atoms with E-state index in [2.05, 4.69) is 15.6 Å². The Morgan fingerprint density at radius 3 is 2.82 bits per heavy atom. The number of anilines is 1. The lowest BCUT2D eigenvalue weighted by molar-refractivity contribution is -0.136. The summed E-state index contributed by atoms with van der Waals surface area (Å²) in [5, 5.41) is 4.87. The number of aromatic nitrogens is 1. The van der Waals surface area contributed by atoms with E-state index in [4.69, 9.17) is 11.6 Å². The highest BCUT2D eigenvalue weighted by atomic mass is 35.5. The van der Waals surface area contributed by atoms with Crippen LogP contribution < -0.4 is 10.6 Å². The molecular formula is C11H14ClN3O2. The summed E-state index contributed by atoms with van der Waals surface area (Å²) in [4.78, 5) is 26.7. The first kappa shape index (κ1) is 13.4. The van der Waals surface area contributed by atoms with Crippen LogP contribution in [-0.4, -0.2) is 29.2 Å². The quantitative estimate of drug-likeness (QED) is 0.480. The number of halogens is 1. The van der Waals surface area contributed by atoms with E-state index in [0.717, 1.165) is 5.56 Å². The van der Waals surface area contributed by atoms with Crippen LogP contribution in [-0.2, 0) is 9.59 Å². The van der Waals surface area contributed by atoms with Gasteiger partial charge in [0.25, 0.3) is 0 Å². The summed E-state index contributed by atoms with van der Waals surface area (Å²) in [5.41, 5.74) is 0.956. The normalized spacial score (nSPS) is 9.76. The number of nitrogens with one attached hydrogen (secondary N) is 2. The molecule has 1 aromatic rings. The maximum Gasteiger partial charge on any atom is 0.314 e. The van der Waals surface area contributed by atoms with Gasteiger partial charge in [0.1, 0.15) is 5.82 Å². The topological polar surface area (TPSA) is 71.1 Å². The zero-order valence-electron chi connectivity index (χ0n) is 9.50. The molecule has 1 heterocycles. The average Bonchev–Trinajstić information content (AvgIpc) is 2.29. The summed E-state index contributed by atoms with van der Waals surface area (Å²) in [6, 6.07) is 3.49. The fraction of sp³-hybridized carbons (Fsp3) is 0.364. The van der Waals surface area contributed by atoms with Crippen LogP contribution in [0.3, 0.4) is 0 Å². The number of hydrogen-bond donors (Lipinski definition) is 2. The lowest BCUT2D eigenvalue weighted by Crippen LogP contribution is -2.36. The minimum absolute atomic E-state index is 0.363. The van der Waals surface area contributed by atoms with Crippen molar-refractivity contribution in [1.82, 2.24) is 10.3 Å². The van der Waals surface area contributed by atoms with E-state index >= 15 is 0 Å². The molecule has 0 saturated carbocycles. The van der Waals surface area contributed by atoms with Gasteiger partial charge in [-0.15, -0.1) is 11.6 Å². The molecule has 17 heavy (non-hydrogen) atoms. The molecule has 0 atom stereocenters. The van der Waals surface area contributed by atoms with E-state index in [1.165, 1.54) is 0 Å². The molecule has 0 saturated heterocycles. The van der Waals surface area contributed by atoms with E-state index in [0.29, 0.717) is 24.7 Å². The van der Waals surface area contributed by atoms with Gasteiger partial charge in [0, 0.05) is 18.6 Å². The summed E-state index contributed by atoms with van der Waals surface area (Å²) in [6.07, 6.45) is 2.19. The molecule has 0 aliphatic heterocycles. The highest BCUT2D eigenvalue weighted by Gasteiger charge is 2.13. The third kappa shape index (κ3) is 4.82. The summed E-state index contributed by atoms with van der Waals surface area (Å²) in [7, 11) is 0. The Morgan fingerprint density at radius 2 is 2.18 bits per heavy atom. The van der Waals surface area contributed by atoms with Crippen LogP contribution in [0.2, 0.25) is 0 Å². The third-order valence-corrected chi connectivity index (χ3v) is 2.23. The molecule has 0 aromatic carbocycles. The van der Waals surface area contributed by atoms with Crippen LogP contribution in [0.25, 0.3) is 0 Å². The standard InChI is InChI=1S/C11H14ClN3O2/c1-8-3-6-13-9(7-8)15-11(17)10(16)14-5-2-4-12/h3,6-7H,2,4-5H2,1H3,(H,14,16)(H,13,15,17). The summed E-state index contributed by atoms with van der Waals surface area (Å²) >= 11 is 5.45. The number of amides is 2. The molecule has 0 aliphatic rings. The number of pyridine rings is 1. The fourth-order valence-corrected chi connectivity index (χ4v) is 1.26. The predicted octanol–water partition coefficient (Wildman–Crippen LogP) is 1.07. The van der Waals surface area contributed by atoms with E-state index in [1.807, 2.05) is 6.92 Å². The second-order valence-corrected chi connectivity index (χ2v) is 3.85. The van der Waals surface area contributed by atoms with Crippen molar-refractivity contribution in [2.24, 2.45) is 0 Å². The largest absolute Gasteiger partial charge is 0.348 e. The molecule has 0 spiro atoms. The van der Waals surface area contributed by atoms with Crippen molar-refractivity contribution < 1.29 is 9.59 Å². The van der Waals surface area contributed by atoms with Crippen LogP contribution in [0.15, 0.2) is 18.3 Å². The molecule has 0 unspecified atom stereocenters.